The number of aromatic nitrogens is 1. The zero-order chi connectivity index (χ0) is 22.3. The minimum atomic E-state index is -0.778. The molecule has 0 saturated carbocycles. The summed E-state index contributed by atoms with van der Waals surface area (Å²) in [7, 11) is 0. The van der Waals surface area contributed by atoms with E-state index in [4.69, 9.17) is 4.74 Å². The maximum atomic E-state index is 13.1. The van der Waals surface area contributed by atoms with Gasteiger partial charge in [0.1, 0.15) is 12.6 Å². The molecule has 3 N–H and O–H groups in total. The van der Waals surface area contributed by atoms with Gasteiger partial charge in [-0.1, -0.05) is 54.6 Å². The summed E-state index contributed by atoms with van der Waals surface area (Å²) in [5.41, 5.74) is 2.82. The van der Waals surface area contributed by atoms with Crippen molar-refractivity contribution in [3.05, 3.63) is 94.3 Å². The predicted molar refractivity (Wildman–Crippen MR) is 126 cm³/mol. The molecule has 1 unspecified atom stereocenters. The fourth-order valence-corrected chi connectivity index (χ4v) is 4.29. The number of carbonyl (C=O) groups excluding carboxylic acids is 2. The van der Waals surface area contributed by atoms with E-state index in [0.29, 0.717) is 6.42 Å². The van der Waals surface area contributed by atoms with Crippen LogP contribution in [-0.4, -0.2) is 23.0 Å². The highest BCUT2D eigenvalue weighted by Gasteiger charge is 2.25. The molecule has 4 rings (SSSR count). The second-order valence-electron chi connectivity index (χ2n) is 7.57. The first-order valence-electron chi connectivity index (χ1n) is 10.5. The minimum absolute atomic E-state index is 0.139. The molecule has 0 aliphatic rings. The lowest BCUT2D eigenvalue weighted by molar-refractivity contribution is -0.123. The van der Waals surface area contributed by atoms with Gasteiger partial charge >= 0.3 is 6.09 Å². The van der Waals surface area contributed by atoms with Crippen molar-refractivity contribution in [2.45, 2.75) is 32.0 Å². The Morgan fingerprint density at radius 1 is 1.00 bits per heavy atom. The Balaban J connectivity index is 1.47. The lowest BCUT2D eigenvalue weighted by Gasteiger charge is -2.21. The summed E-state index contributed by atoms with van der Waals surface area (Å²) >= 11 is 1.58. The van der Waals surface area contributed by atoms with Crippen LogP contribution in [0.1, 0.15) is 29.0 Å². The number of nitrogens with one attached hydrogen (secondary N) is 3. The first kappa shape index (κ1) is 21.6. The predicted octanol–water partition coefficient (Wildman–Crippen LogP) is 4.94. The van der Waals surface area contributed by atoms with Crippen LogP contribution in [0, 0.1) is 0 Å². The van der Waals surface area contributed by atoms with E-state index in [-0.39, 0.29) is 18.6 Å². The molecule has 2 heterocycles. The Kier molecular flexibility index (Phi) is 6.87. The third-order valence-electron chi connectivity index (χ3n) is 5.25. The monoisotopic (exact) mass is 447 g/mol. The topological polar surface area (TPSA) is 83.2 Å². The number of thiophene rings is 1. The molecule has 2 aromatic carbocycles. The van der Waals surface area contributed by atoms with E-state index in [1.54, 1.807) is 11.3 Å². The van der Waals surface area contributed by atoms with E-state index in [1.807, 2.05) is 85.2 Å². The summed E-state index contributed by atoms with van der Waals surface area (Å²) in [5.74, 6) is -0.257. The maximum absolute atomic E-state index is 13.1. The van der Waals surface area contributed by atoms with Crippen LogP contribution in [0.3, 0.4) is 0 Å². The van der Waals surface area contributed by atoms with E-state index in [0.717, 1.165) is 26.9 Å². The molecule has 0 radical (unpaired) electrons. The Bertz CT molecular complexity index is 1170. The summed E-state index contributed by atoms with van der Waals surface area (Å²) in [5, 5.41) is 8.77. The van der Waals surface area contributed by atoms with Gasteiger partial charge in [-0.2, -0.15) is 0 Å². The second kappa shape index (κ2) is 10.2. The van der Waals surface area contributed by atoms with Gasteiger partial charge in [-0.3, -0.25) is 4.79 Å². The average Bonchev–Trinajstić information content (AvgIpc) is 3.49. The third-order valence-corrected chi connectivity index (χ3v) is 6.30. The highest BCUT2D eigenvalue weighted by atomic mass is 32.1. The number of fused-ring (bicyclic) bond motifs is 1. The number of amides is 2. The number of rotatable bonds is 8. The van der Waals surface area contributed by atoms with Crippen molar-refractivity contribution in [2.24, 2.45) is 0 Å². The largest absolute Gasteiger partial charge is 0.445 e. The van der Waals surface area contributed by atoms with Gasteiger partial charge in [0.15, 0.2) is 0 Å². The van der Waals surface area contributed by atoms with Gasteiger partial charge in [-0.05, 0) is 35.6 Å². The smallest absolute Gasteiger partial charge is 0.408 e. The summed E-state index contributed by atoms with van der Waals surface area (Å²) in [6.45, 7) is 2.07. The lowest BCUT2D eigenvalue weighted by atomic mass is 10.0. The van der Waals surface area contributed by atoms with Gasteiger partial charge in [-0.25, -0.2) is 4.79 Å². The normalized spacial score (nSPS) is 12.8. The van der Waals surface area contributed by atoms with Gasteiger partial charge < -0.3 is 20.4 Å². The number of ether oxygens (including phenoxy) is 1. The molecule has 2 amide bonds. The molecule has 2 atom stereocenters. The molecule has 164 valence electrons. The molecule has 0 bridgehead atoms. The maximum Gasteiger partial charge on any atom is 0.408 e. The van der Waals surface area contributed by atoms with Crippen molar-refractivity contribution in [3.63, 3.8) is 0 Å². The lowest BCUT2D eigenvalue weighted by Crippen LogP contribution is -2.48. The van der Waals surface area contributed by atoms with Crippen LogP contribution in [0.2, 0.25) is 0 Å². The standard InChI is InChI=1S/C25H25N3O3S/c1-17(23-12-7-13-32-23)27-24(29)22(14-19-15-26-21-11-6-5-10-20(19)21)28-25(30)31-16-18-8-3-2-4-9-18/h2-13,15,17,22,26H,14,16H2,1H3,(H,27,29)(H,28,30)/t17?,22-/m0/s1. The highest BCUT2D eigenvalue weighted by molar-refractivity contribution is 7.10. The van der Waals surface area contributed by atoms with E-state index in [9.17, 15) is 9.59 Å². The molecule has 0 fully saturated rings. The number of aromatic amines is 1. The molecule has 2 aromatic heterocycles. The molecule has 32 heavy (non-hydrogen) atoms. The van der Waals surface area contributed by atoms with Crippen molar-refractivity contribution in [3.8, 4) is 0 Å². The van der Waals surface area contributed by atoms with Crippen LogP contribution in [-0.2, 0) is 22.6 Å². The number of H-pyrrole nitrogens is 1. The van der Waals surface area contributed by atoms with E-state index >= 15 is 0 Å². The number of benzene rings is 2. The fraction of sp³-hybridized carbons (Fsp3) is 0.200. The SMILES string of the molecule is CC(NC(=O)[C@H](Cc1c[nH]c2ccccc12)NC(=O)OCc1ccccc1)c1cccs1. The van der Waals surface area contributed by atoms with Crippen LogP contribution >= 0.6 is 11.3 Å². The van der Waals surface area contributed by atoms with Crippen molar-refractivity contribution < 1.29 is 14.3 Å². The number of hydrogen-bond donors (Lipinski definition) is 3. The van der Waals surface area contributed by atoms with Crippen molar-refractivity contribution in [1.82, 2.24) is 15.6 Å². The Labute approximate surface area is 190 Å². The summed E-state index contributed by atoms with van der Waals surface area (Å²) in [6.07, 6.45) is 1.59. The Hall–Kier alpha value is -3.58. The quantitative estimate of drug-likeness (QED) is 0.358. The van der Waals surface area contributed by atoms with E-state index in [2.05, 4.69) is 15.6 Å². The number of hydrogen-bond acceptors (Lipinski definition) is 4. The van der Waals surface area contributed by atoms with Crippen LogP contribution in [0.15, 0.2) is 78.3 Å². The van der Waals surface area contributed by atoms with E-state index in [1.165, 1.54) is 0 Å². The molecular weight excluding hydrogens is 422 g/mol. The van der Waals surface area contributed by atoms with Crippen LogP contribution in [0.25, 0.3) is 10.9 Å². The molecule has 0 aliphatic carbocycles. The Morgan fingerprint density at radius 3 is 2.56 bits per heavy atom. The van der Waals surface area contributed by atoms with Gasteiger partial charge in [0.05, 0.1) is 6.04 Å². The molecule has 7 heteroatoms. The summed E-state index contributed by atoms with van der Waals surface area (Å²) in [6, 6.07) is 20.3. The van der Waals surface area contributed by atoms with Crippen LogP contribution < -0.4 is 10.6 Å². The molecule has 0 saturated heterocycles. The van der Waals surface area contributed by atoms with Crippen LogP contribution in [0.5, 0.6) is 0 Å². The van der Waals surface area contributed by atoms with Crippen molar-refractivity contribution in [2.75, 3.05) is 0 Å². The molecule has 6 nitrogen and oxygen atoms in total. The molecule has 0 aliphatic heterocycles. The second-order valence-corrected chi connectivity index (χ2v) is 8.55. The zero-order valence-electron chi connectivity index (χ0n) is 17.7. The first-order chi connectivity index (χ1) is 15.6. The van der Waals surface area contributed by atoms with Crippen molar-refractivity contribution >= 4 is 34.2 Å². The highest BCUT2D eigenvalue weighted by Crippen LogP contribution is 2.21. The number of carbonyl (C=O) groups is 2. The molecular formula is C25H25N3O3S. The molecule has 4 aromatic rings. The van der Waals surface area contributed by atoms with Gasteiger partial charge in [0.25, 0.3) is 0 Å². The van der Waals surface area contributed by atoms with Gasteiger partial charge in [0, 0.05) is 28.4 Å². The minimum Gasteiger partial charge on any atom is -0.445 e. The van der Waals surface area contributed by atoms with Gasteiger partial charge in [-0.15, -0.1) is 11.3 Å². The summed E-state index contributed by atoms with van der Waals surface area (Å²) < 4.78 is 5.36. The first-order valence-corrected chi connectivity index (χ1v) is 11.3. The third kappa shape index (κ3) is 5.36. The van der Waals surface area contributed by atoms with Crippen molar-refractivity contribution in [1.29, 1.82) is 0 Å². The van der Waals surface area contributed by atoms with Crippen LogP contribution in [0.4, 0.5) is 4.79 Å². The zero-order valence-corrected chi connectivity index (χ0v) is 18.5. The average molecular weight is 448 g/mol. The Morgan fingerprint density at radius 2 is 1.78 bits per heavy atom. The van der Waals surface area contributed by atoms with Gasteiger partial charge in [0.2, 0.25) is 5.91 Å². The number of para-hydroxylation sites is 1. The fourth-order valence-electron chi connectivity index (χ4n) is 3.56. The number of alkyl carbamates (subject to hydrolysis) is 1. The van der Waals surface area contributed by atoms with E-state index < -0.39 is 12.1 Å². The molecule has 0 spiro atoms. The summed E-state index contributed by atoms with van der Waals surface area (Å²) in [4.78, 5) is 29.9.